The average molecular weight is 326 g/mol. The molecule has 0 spiro atoms. The van der Waals surface area contributed by atoms with Crippen LogP contribution in [0.5, 0.6) is 0 Å². The van der Waals surface area contributed by atoms with Gasteiger partial charge in [-0.3, -0.25) is 19.2 Å². The van der Waals surface area contributed by atoms with Gasteiger partial charge in [-0.15, -0.1) is 0 Å². The van der Waals surface area contributed by atoms with Gasteiger partial charge < -0.3 is 18.9 Å². The zero-order chi connectivity index (χ0) is 17.2. The van der Waals surface area contributed by atoms with E-state index in [9.17, 15) is 19.2 Å². The molecule has 8 heteroatoms. The molecule has 0 aromatic rings. The molecule has 0 aromatic carbocycles. The highest BCUT2D eigenvalue weighted by Gasteiger charge is 2.60. The van der Waals surface area contributed by atoms with E-state index in [2.05, 4.69) is 0 Å². The number of fused-ring (bicyclic) bond motifs is 1. The maximum Gasteiger partial charge on any atom is 0.307 e. The van der Waals surface area contributed by atoms with Crippen molar-refractivity contribution >= 4 is 23.9 Å². The van der Waals surface area contributed by atoms with Gasteiger partial charge in [0.1, 0.15) is 19.3 Å². The number of rotatable bonds is 5. The molecule has 8 nitrogen and oxygen atoms in total. The molecule has 1 aliphatic heterocycles. The zero-order valence-corrected chi connectivity index (χ0v) is 13.1. The van der Waals surface area contributed by atoms with Gasteiger partial charge in [-0.1, -0.05) is 0 Å². The highest BCUT2D eigenvalue weighted by atomic mass is 16.6. The lowest BCUT2D eigenvalue weighted by molar-refractivity contribution is -0.162. The number of hydrogen-bond donors (Lipinski definition) is 0. The first-order valence-corrected chi connectivity index (χ1v) is 7.11. The highest BCUT2D eigenvalue weighted by Crippen LogP contribution is 2.47. The quantitative estimate of drug-likeness (QED) is 0.403. The molecule has 2 aliphatic rings. The second kappa shape index (κ2) is 6.39. The molecule has 1 heterocycles. The zero-order valence-electron chi connectivity index (χ0n) is 13.1. The maximum atomic E-state index is 11.8. The van der Waals surface area contributed by atoms with Gasteiger partial charge in [-0.05, 0) is 6.08 Å². The van der Waals surface area contributed by atoms with E-state index in [-0.39, 0.29) is 19.6 Å². The van der Waals surface area contributed by atoms with E-state index >= 15 is 0 Å². The summed E-state index contributed by atoms with van der Waals surface area (Å²) in [6.07, 6.45) is 0.893. The van der Waals surface area contributed by atoms with Gasteiger partial charge in [-0.25, -0.2) is 0 Å². The summed E-state index contributed by atoms with van der Waals surface area (Å²) in [5.74, 6) is -2.58. The molecule has 2 rings (SSSR count). The molecule has 0 radical (unpaired) electrons. The molecule has 0 bridgehead atoms. The van der Waals surface area contributed by atoms with Crippen LogP contribution >= 0.6 is 0 Å². The van der Waals surface area contributed by atoms with E-state index < -0.39 is 41.5 Å². The number of hydrogen-bond acceptors (Lipinski definition) is 8. The van der Waals surface area contributed by atoms with Gasteiger partial charge >= 0.3 is 23.9 Å². The van der Waals surface area contributed by atoms with E-state index in [0.29, 0.717) is 5.57 Å². The van der Waals surface area contributed by atoms with Gasteiger partial charge in [0.25, 0.3) is 0 Å². The smallest absolute Gasteiger partial charge is 0.307 e. The molecule has 1 saturated heterocycles. The Morgan fingerprint density at radius 1 is 1.17 bits per heavy atom. The van der Waals surface area contributed by atoms with Crippen LogP contribution in [-0.4, -0.2) is 48.8 Å². The molecule has 0 unspecified atom stereocenters. The normalized spacial score (nSPS) is 28.5. The van der Waals surface area contributed by atoms with Crippen LogP contribution in [0.15, 0.2) is 11.6 Å². The van der Waals surface area contributed by atoms with Crippen molar-refractivity contribution in [2.75, 3.05) is 13.2 Å². The lowest BCUT2D eigenvalue weighted by Gasteiger charge is -2.31. The van der Waals surface area contributed by atoms with E-state index in [1.165, 1.54) is 20.8 Å². The third-order valence-electron chi connectivity index (χ3n) is 3.81. The minimum absolute atomic E-state index is 0.0132. The predicted molar refractivity (Wildman–Crippen MR) is 73.8 cm³/mol. The van der Waals surface area contributed by atoms with E-state index in [1.807, 2.05) is 0 Å². The lowest BCUT2D eigenvalue weighted by Crippen LogP contribution is -2.44. The predicted octanol–water partition coefficient (Wildman–Crippen LogP) is 0.286. The van der Waals surface area contributed by atoms with E-state index in [4.69, 9.17) is 18.9 Å². The first-order chi connectivity index (χ1) is 10.7. The van der Waals surface area contributed by atoms with Crippen molar-refractivity contribution in [1.82, 2.24) is 0 Å². The van der Waals surface area contributed by atoms with Crippen molar-refractivity contribution in [3.63, 3.8) is 0 Å². The molecule has 0 saturated carbocycles. The van der Waals surface area contributed by atoms with Crippen LogP contribution in [0.2, 0.25) is 0 Å². The minimum atomic E-state index is -1.27. The summed E-state index contributed by atoms with van der Waals surface area (Å²) in [4.78, 5) is 45.3. The Kier molecular flexibility index (Phi) is 4.72. The van der Waals surface area contributed by atoms with Gasteiger partial charge in [0.05, 0.1) is 12.3 Å². The Morgan fingerprint density at radius 3 is 2.39 bits per heavy atom. The van der Waals surface area contributed by atoms with Crippen molar-refractivity contribution in [3.05, 3.63) is 11.6 Å². The van der Waals surface area contributed by atoms with Gasteiger partial charge in [-0.2, -0.15) is 0 Å². The van der Waals surface area contributed by atoms with Crippen LogP contribution < -0.4 is 0 Å². The SMILES string of the molecule is CC(=O)OCC1=C[C@@H](OC(C)=O)[C@@H]2CC(=O)O[C@]12COC(C)=O. The lowest BCUT2D eigenvalue weighted by atomic mass is 9.85. The van der Waals surface area contributed by atoms with Crippen LogP contribution in [0.1, 0.15) is 27.2 Å². The summed E-state index contributed by atoms with van der Waals surface area (Å²) in [5, 5.41) is 0. The van der Waals surface area contributed by atoms with Crippen molar-refractivity contribution in [2.24, 2.45) is 5.92 Å². The largest absolute Gasteiger partial charge is 0.461 e. The molecule has 0 N–H and O–H groups in total. The Balaban J connectivity index is 2.31. The Labute approximate surface area is 132 Å². The Morgan fingerprint density at radius 2 is 1.83 bits per heavy atom. The highest BCUT2D eigenvalue weighted by molar-refractivity contribution is 5.76. The summed E-state index contributed by atoms with van der Waals surface area (Å²) in [7, 11) is 0. The standard InChI is InChI=1S/C15H18O8/c1-8(16)20-6-11-4-13(22-10(3)18)12-5-14(19)23-15(11,12)7-21-9(2)17/h4,12-13H,5-7H2,1-3H3/t12-,13+,15+/m0/s1. The summed E-state index contributed by atoms with van der Waals surface area (Å²) in [6.45, 7) is 3.37. The first-order valence-electron chi connectivity index (χ1n) is 7.11. The fourth-order valence-electron chi connectivity index (χ4n) is 2.90. The molecule has 23 heavy (non-hydrogen) atoms. The van der Waals surface area contributed by atoms with Crippen LogP contribution in [0.25, 0.3) is 0 Å². The fraction of sp³-hybridized carbons (Fsp3) is 0.600. The second-order valence-electron chi connectivity index (χ2n) is 5.50. The molecule has 3 atom stereocenters. The number of carbonyl (C=O) groups is 4. The van der Waals surface area contributed by atoms with Gasteiger partial charge in [0, 0.05) is 26.3 Å². The monoisotopic (exact) mass is 326 g/mol. The molecule has 0 amide bonds. The van der Waals surface area contributed by atoms with E-state index in [0.717, 1.165) is 0 Å². The second-order valence-corrected chi connectivity index (χ2v) is 5.50. The van der Waals surface area contributed by atoms with Crippen molar-refractivity contribution in [2.45, 2.75) is 38.9 Å². The molecule has 126 valence electrons. The van der Waals surface area contributed by atoms with Gasteiger partial charge in [0.15, 0.2) is 5.60 Å². The Bertz CT molecular complexity index is 578. The van der Waals surface area contributed by atoms with Crippen molar-refractivity contribution in [3.8, 4) is 0 Å². The molecular formula is C15H18O8. The summed E-state index contributed by atoms with van der Waals surface area (Å²) >= 11 is 0. The van der Waals surface area contributed by atoms with Crippen LogP contribution in [0, 0.1) is 5.92 Å². The molecule has 1 aliphatic carbocycles. The van der Waals surface area contributed by atoms with Crippen LogP contribution in [0.4, 0.5) is 0 Å². The third kappa shape index (κ3) is 3.52. The fourth-order valence-corrected chi connectivity index (χ4v) is 2.90. The number of ether oxygens (including phenoxy) is 4. The molecule has 1 fully saturated rings. The van der Waals surface area contributed by atoms with Crippen LogP contribution in [-0.2, 0) is 38.1 Å². The average Bonchev–Trinajstić information content (AvgIpc) is 2.88. The van der Waals surface area contributed by atoms with Gasteiger partial charge in [0.2, 0.25) is 0 Å². The van der Waals surface area contributed by atoms with Crippen molar-refractivity contribution in [1.29, 1.82) is 0 Å². The molecule has 0 aromatic heterocycles. The molecular weight excluding hydrogens is 308 g/mol. The number of esters is 4. The topological polar surface area (TPSA) is 105 Å². The van der Waals surface area contributed by atoms with Crippen LogP contribution in [0.3, 0.4) is 0 Å². The summed E-state index contributed by atoms with van der Waals surface area (Å²) in [5.41, 5.74) is -0.825. The maximum absolute atomic E-state index is 11.8. The van der Waals surface area contributed by atoms with Crippen molar-refractivity contribution < 1.29 is 38.1 Å². The summed E-state index contributed by atoms with van der Waals surface area (Å²) < 4.78 is 20.6. The number of carbonyl (C=O) groups excluding carboxylic acids is 4. The Hall–Kier alpha value is -2.38. The minimum Gasteiger partial charge on any atom is -0.461 e. The summed E-state index contributed by atoms with van der Waals surface area (Å²) in [6, 6.07) is 0. The van der Waals surface area contributed by atoms with E-state index in [1.54, 1.807) is 6.08 Å². The first kappa shape index (κ1) is 17.0. The third-order valence-corrected chi connectivity index (χ3v) is 3.81.